The van der Waals surface area contributed by atoms with Crippen LogP contribution >= 0.6 is 0 Å². The Bertz CT molecular complexity index is 1570. The van der Waals surface area contributed by atoms with E-state index in [1.54, 1.807) is 0 Å². The first-order chi connectivity index (χ1) is 16.9. The zero-order valence-corrected chi connectivity index (χ0v) is 18.5. The number of fused-ring (bicyclic) bond motifs is 2. The van der Waals surface area contributed by atoms with Gasteiger partial charge >= 0.3 is 6.18 Å². The van der Waals surface area contributed by atoms with Crippen molar-refractivity contribution in [1.29, 1.82) is 0 Å². The summed E-state index contributed by atoms with van der Waals surface area (Å²) in [5, 5.41) is 7.30. The van der Waals surface area contributed by atoms with Crippen LogP contribution in [0.5, 0.6) is 0 Å². The standard InChI is InChI=1S/C28H20F3N3O/c29-28(30,31)24-9-5-8-22(15-24)27(35)33-32-16-23-18-34(26-11-4-3-10-25(23)26)17-19-12-13-20-6-1-2-7-21(20)14-19/h1-16,18H,17H2,(H,33,35)/b32-16-. The maximum Gasteiger partial charge on any atom is 0.416 e. The van der Waals surface area contributed by atoms with Gasteiger partial charge in [-0.05, 0) is 46.7 Å². The molecule has 0 bridgehead atoms. The molecule has 0 aliphatic rings. The predicted octanol–water partition coefficient (Wildman–Crippen LogP) is 6.63. The quantitative estimate of drug-likeness (QED) is 0.227. The lowest BCUT2D eigenvalue weighted by Gasteiger charge is -2.07. The number of carbonyl (C=O) groups is 1. The van der Waals surface area contributed by atoms with Gasteiger partial charge < -0.3 is 4.57 Å². The van der Waals surface area contributed by atoms with Crippen molar-refractivity contribution in [3.8, 4) is 0 Å². The van der Waals surface area contributed by atoms with E-state index < -0.39 is 17.6 Å². The number of hydrogen-bond donors (Lipinski definition) is 1. The largest absolute Gasteiger partial charge is 0.416 e. The summed E-state index contributed by atoms with van der Waals surface area (Å²) in [6.45, 7) is 0.649. The van der Waals surface area contributed by atoms with Crippen LogP contribution in [-0.2, 0) is 12.7 Å². The number of halogens is 3. The van der Waals surface area contributed by atoms with Crippen molar-refractivity contribution in [2.24, 2.45) is 5.10 Å². The molecule has 4 aromatic carbocycles. The van der Waals surface area contributed by atoms with E-state index in [0.717, 1.165) is 34.2 Å². The van der Waals surface area contributed by atoms with Crippen LogP contribution in [0.2, 0.25) is 0 Å². The summed E-state index contributed by atoms with van der Waals surface area (Å²) < 4.78 is 40.9. The molecular weight excluding hydrogens is 451 g/mol. The minimum atomic E-state index is -4.52. The molecule has 0 spiro atoms. The lowest BCUT2D eigenvalue weighted by atomic mass is 10.1. The minimum absolute atomic E-state index is 0.115. The summed E-state index contributed by atoms with van der Waals surface area (Å²) in [5.41, 5.74) is 4.26. The highest BCUT2D eigenvalue weighted by molar-refractivity contribution is 6.00. The van der Waals surface area contributed by atoms with Gasteiger partial charge in [0.15, 0.2) is 0 Å². The zero-order chi connectivity index (χ0) is 24.4. The summed E-state index contributed by atoms with van der Waals surface area (Å²) in [7, 11) is 0. The number of para-hydroxylation sites is 1. The topological polar surface area (TPSA) is 46.4 Å². The van der Waals surface area contributed by atoms with Gasteiger partial charge in [0.2, 0.25) is 0 Å². The van der Waals surface area contributed by atoms with Crippen molar-refractivity contribution in [2.45, 2.75) is 12.7 Å². The lowest BCUT2D eigenvalue weighted by Crippen LogP contribution is -2.18. The van der Waals surface area contributed by atoms with Crippen LogP contribution in [0.3, 0.4) is 0 Å². The van der Waals surface area contributed by atoms with Crippen LogP contribution in [0.4, 0.5) is 13.2 Å². The van der Waals surface area contributed by atoms with Crippen LogP contribution in [0.1, 0.15) is 27.0 Å². The molecule has 35 heavy (non-hydrogen) atoms. The van der Waals surface area contributed by atoms with E-state index in [1.165, 1.54) is 29.1 Å². The highest BCUT2D eigenvalue weighted by Gasteiger charge is 2.30. The van der Waals surface area contributed by atoms with Crippen LogP contribution in [0.25, 0.3) is 21.7 Å². The molecule has 0 fully saturated rings. The second-order valence-corrected chi connectivity index (χ2v) is 8.19. The zero-order valence-electron chi connectivity index (χ0n) is 18.5. The van der Waals surface area contributed by atoms with Gasteiger partial charge in [0, 0.05) is 34.8 Å². The molecule has 4 nitrogen and oxygen atoms in total. The van der Waals surface area contributed by atoms with Crippen LogP contribution in [0, 0.1) is 0 Å². The van der Waals surface area contributed by atoms with E-state index >= 15 is 0 Å². The van der Waals surface area contributed by atoms with Crippen molar-refractivity contribution in [1.82, 2.24) is 9.99 Å². The normalized spacial score (nSPS) is 12.0. The number of nitrogens with zero attached hydrogens (tertiary/aromatic N) is 2. The smallest absolute Gasteiger partial charge is 0.342 e. The minimum Gasteiger partial charge on any atom is -0.342 e. The van der Waals surface area contributed by atoms with Crippen molar-refractivity contribution in [2.75, 3.05) is 0 Å². The fourth-order valence-corrected chi connectivity index (χ4v) is 4.10. The number of aromatic nitrogens is 1. The monoisotopic (exact) mass is 471 g/mol. The molecule has 174 valence electrons. The van der Waals surface area contributed by atoms with E-state index in [-0.39, 0.29) is 5.56 Å². The van der Waals surface area contributed by atoms with E-state index in [0.29, 0.717) is 6.54 Å². The molecule has 7 heteroatoms. The first-order valence-electron chi connectivity index (χ1n) is 10.9. The van der Waals surface area contributed by atoms with Crippen LogP contribution in [-0.4, -0.2) is 16.7 Å². The first-order valence-corrected chi connectivity index (χ1v) is 10.9. The van der Waals surface area contributed by atoms with Gasteiger partial charge in [-0.3, -0.25) is 4.79 Å². The average molecular weight is 471 g/mol. The summed E-state index contributed by atoms with van der Waals surface area (Å²) in [5.74, 6) is -0.716. The molecule has 5 rings (SSSR count). The highest BCUT2D eigenvalue weighted by Crippen LogP contribution is 2.29. The van der Waals surface area contributed by atoms with Gasteiger partial charge in [0.05, 0.1) is 11.8 Å². The summed E-state index contributed by atoms with van der Waals surface area (Å²) in [6.07, 6.45) is -1.07. The molecule has 0 unspecified atom stereocenters. The maximum atomic E-state index is 12.9. The second kappa shape index (κ2) is 9.10. The molecular formula is C28H20F3N3O. The fraction of sp³-hybridized carbons (Fsp3) is 0.0714. The van der Waals surface area contributed by atoms with Gasteiger partial charge in [0.25, 0.3) is 5.91 Å². The molecule has 1 amide bonds. The Kier molecular flexibility index (Phi) is 5.82. The summed E-state index contributed by atoms with van der Waals surface area (Å²) >= 11 is 0. The van der Waals surface area contributed by atoms with Gasteiger partial charge in [0.1, 0.15) is 0 Å². The van der Waals surface area contributed by atoms with Gasteiger partial charge in [-0.2, -0.15) is 18.3 Å². The third kappa shape index (κ3) is 4.80. The predicted molar refractivity (Wildman–Crippen MR) is 131 cm³/mol. The van der Waals surface area contributed by atoms with E-state index in [4.69, 9.17) is 0 Å². The van der Waals surface area contributed by atoms with Crippen molar-refractivity contribution < 1.29 is 18.0 Å². The Balaban J connectivity index is 1.38. The average Bonchev–Trinajstić information content (AvgIpc) is 3.21. The van der Waals surface area contributed by atoms with Gasteiger partial charge in [-0.15, -0.1) is 0 Å². The summed E-state index contributed by atoms with van der Waals surface area (Å²) in [6, 6.07) is 26.6. The molecule has 0 aliphatic heterocycles. The molecule has 0 saturated carbocycles. The van der Waals surface area contributed by atoms with E-state index in [2.05, 4.69) is 45.4 Å². The fourth-order valence-electron chi connectivity index (χ4n) is 4.10. The maximum absolute atomic E-state index is 12.9. The first kappa shape index (κ1) is 22.4. The molecule has 1 heterocycles. The van der Waals surface area contributed by atoms with Crippen molar-refractivity contribution in [3.05, 3.63) is 119 Å². The molecule has 0 aliphatic carbocycles. The molecule has 0 atom stereocenters. The Morgan fingerprint density at radius 3 is 2.49 bits per heavy atom. The molecule has 0 saturated heterocycles. The SMILES string of the molecule is O=C(N/N=C\c1cn(Cc2ccc3ccccc3c2)c2ccccc12)c1cccc(C(F)(F)F)c1. The number of benzene rings is 4. The summed E-state index contributed by atoms with van der Waals surface area (Å²) in [4.78, 5) is 12.3. The Morgan fingerprint density at radius 1 is 0.886 bits per heavy atom. The van der Waals surface area contributed by atoms with Crippen LogP contribution < -0.4 is 5.43 Å². The van der Waals surface area contributed by atoms with E-state index in [9.17, 15) is 18.0 Å². The Morgan fingerprint density at radius 2 is 1.66 bits per heavy atom. The van der Waals surface area contributed by atoms with Crippen molar-refractivity contribution >= 4 is 33.8 Å². The van der Waals surface area contributed by atoms with Crippen LogP contribution in [0.15, 0.2) is 102 Å². The van der Waals surface area contributed by atoms with Gasteiger partial charge in [-0.1, -0.05) is 60.7 Å². The molecule has 1 N–H and O–H groups in total. The Hall–Kier alpha value is -4.39. The number of amides is 1. The lowest BCUT2D eigenvalue weighted by molar-refractivity contribution is -0.137. The van der Waals surface area contributed by atoms with Crippen molar-refractivity contribution in [3.63, 3.8) is 0 Å². The number of alkyl halides is 3. The number of nitrogens with one attached hydrogen (secondary N) is 1. The molecule has 1 aromatic heterocycles. The third-order valence-corrected chi connectivity index (χ3v) is 5.81. The molecule has 0 radical (unpaired) electrons. The number of hydrazone groups is 1. The van der Waals surface area contributed by atoms with E-state index in [1.807, 2.05) is 42.6 Å². The van der Waals surface area contributed by atoms with Gasteiger partial charge in [-0.25, -0.2) is 5.43 Å². The number of hydrogen-bond acceptors (Lipinski definition) is 2. The third-order valence-electron chi connectivity index (χ3n) is 5.81. The Labute approximate surface area is 199 Å². The highest BCUT2D eigenvalue weighted by atomic mass is 19.4. The molecule has 5 aromatic rings. The number of carbonyl (C=O) groups excluding carboxylic acids is 1. The number of rotatable bonds is 5. The second-order valence-electron chi connectivity index (χ2n) is 8.19.